The number of fused-ring (bicyclic) bond motifs is 2. The third-order valence-electron chi connectivity index (χ3n) is 5.06. The average Bonchev–Trinajstić information content (AvgIpc) is 2.72. The molecule has 0 heterocycles. The van der Waals surface area contributed by atoms with E-state index in [0.29, 0.717) is 0 Å². The van der Waals surface area contributed by atoms with Crippen LogP contribution in [0.3, 0.4) is 0 Å². The van der Waals surface area contributed by atoms with E-state index < -0.39 is 0 Å². The van der Waals surface area contributed by atoms with E-state index in [2.05, 4.69) is 126 Å². The summed E-state index contributed by atoms with van der Waals surface area (Å²) in [5.74, 6) is 0. The predicted octanol–water partition coefficient (Wildman–Crippen LogP) is 7.93. The van der Waals surface area contributed by atoms with Gasteiger partial charge in [0.25, 0.3) is 0 Å². The van der Waals surface area contributed by atoms with Crippen molar-refractivity contribution in [3.63, 3.8) is 0 Å². The molecule has 0 N–H and O–H groups in total. The van der Waals surface area contributed by atoms with Crippen molar-refractivity contribution in [2.75, 3.05) is 0 Å². The van der Waals surface area contributed by atoms with Gasteiger partial charge in [-0.3, -0.25) is 0 Å². The van der Waals surface area contributed by atoms with E-state index >= 15 is 0 Å². The van der Waals surface area contributed by atoms with E-state index in [4.69, 9.17) is 0 Å². The predicted molar refractivity (Wildman–Crippen MR) is 125 cm³/mol. The molecular formula is C26H17I. The Hall–Kier alpha value is -2.65. The van der Waals surface area contributed by atoms with Crippen molar-refractivity contribution in [2.24, 2.45) is 0 Å². The monoisotopic (exact) mass is 456 g/mol. The smallest absolute Gasteiger partial charge is 0.0142 e. The molecule has 0 atom stereocenters. The first-order valence-electron chi connectivity index (χ1n) is 9.05. The molecule has 0 aliphatic rings. The van der Waals surface area contributed by atoms with Crippen LogP contribution in [0.1, 0.15) is 0 Å². The first kappa shape index (κ1) is 16.5. The van der Waals surface area contributed by atoms with Gasteiger partial charge in [0.05, 0.1) is 0 Å². The van der Waals surface area contributed by atoms with Gasteiger partial charge in [-0.1, -0.05) is 72.8 Å². The van der Waals surface area contributed by atoms with Crippen LogP contribution in [0, 0.1) is 3.57 Å². The van der Waals surface area contributed by atoms with E-state index in [0.717, 1.165) is 0 Å². The molecule has 0 amide bonds. The molecule has 0 aliphatic heterocycles. The minimum absolute atomic E-state index is 1.25. The molecule has 0 nitrogen and oxygen atoms in total. The van der Waals surface area contributed by atoms with E-state index in [1.165, 1.54) is 47.4 Å². The lowest BCUT2D eigenvalue weighted by Gasteiger charge is -2.10. The van der Waals surface area contributed by atoms with E-state index in [9.17, 15) is 0 Å². The van der Waals surface area contributed by atoms with Gasteiger partial charge in [-0.25, -0.2) is 0 Å². The molecule has 0 spiro atoms. The lowest BCUT2D eigenvalue weighted by atomic mass is 9.96. The second-order valence-corrected chi connectivity index (χ2v) is 8.10. The van der Waals surface area contributed by atoms with Gasteiger partial charge in [0.15, 0.2) is 0 Å². The van der Waals surface area contributed by atoms with Crippen molar-refractivity contribution < 1.29 is 0 Å². The molecule has 0 bridgehead atoms. The highest BCUT2D eigenvalue weighted by Crippen LogP contribution is 2.32. The fourth-order valence-electron chi connectivity index (χ4n) is 3.66. The Kier molecular flexibility index (Phi) is 4.17. The van der Waals surface area contributed by atoms with Gasteiger partial charge in [-0.2, -0.15) is 0 Å². The summed E-state index contributed by atoms with van der Waals surface area (Å²) in [5, 5.41) is 5.12. The highest BCUT2D eigenvalue weighted by molar-refractivity contribution is 14.1. The van der Waals surface area contributed by atoms with Crippen LogP contribution in [0.2, 0.25) is 0 Å². The van der Waals surface area contributed by atoms with E-state index in [-0.39, 0.29) is 0 Å². The highest BCUT2D eigenvalue weighted by atomic mass is 127. The molecule has 0 aliphatic carbocycles. The van der Waals surface area contributed by atoms with E-state index in [1.54, 1.807) is 0 Å². The van der Waals surface area contributed by atoms with Crippen LogP contribution in [-0.4, -0.2) is 0 Å². The Morgan fingerprint density at radius 3 is 1.30 bits per heavy atom. The fourth-order valence-corrected chi connectivity index (χ4v) is 4.33. The van der Waals surface area contributed by atoms with Gasteiger partial charge >= 0.3 is 0 Å². The Balaban J connectivity index is 1.64. The SMILES string of the molecule is Ic1cc(-c2ccc3ccccc3c2)cc(-c2ccc3ccccc3c2)c1. The molecule has 0 radical (unpaired) electrons. The molecular weight excluding hydrogens is 439 g/mol. The Morgan fingerprint density at radius 2 is 0.815 bits per heavy atom. The Morgan fingerprint density at radius 1 is 0.370 bits per heavy atom. The molecule has 27 heavy (non-hydrogen) atoms. The number of benzene rings is 5. The normalized spacial score (nSPS) is 11.1. The summed E-state index contributed by atoms with van der Waals surface area (Å²) in [6.45, 7) is 0. The quantitative estimate of drug-likeness (QED) is 0.237. The van der Waals surface area contributed by atoms with Crippen LogP contribution in [-0.2, 0) is 0 Å². The number of rotatable bonds is 2. The van der Waals surface area contributed by atoms with Crippen molar-refractivity contribution in [3.8, 4) is 22.3 Å². The largest absolute Gasteiger partial charge is 0.0616 e. The van der Waals surface area contributed by atoms with Gasteiger partial charge in [-0.15, -0.1) is 0 Å². The van der Waals surface area contributed by atoms with Crippen LogP contribution in [0.15, 0.2) is 103 Å². The van der Waals surface area contributed by atoms with Crippen LogP contribution in [0.5, 0.6) is 0 Å². The number of hydrogen-bond acceptors (Lipinski definition) is 0. The van der Waals surface area contributed by atoms with Crippen molar-refractivity contribution in [3.05, 3.63) is 107 Å². The molecule has 0 aromatic heterocycles. The zero-order chi connectivity index (χ0) is 18.2. The first-order chi connectivity index (χ1) is 13.3. The number of halogens is 1. The topological polar surface area (TPSA) is 0 Å². The minimum Gasteiger partial charge on any atom is -0.0616 e. The molecule has 5 aromatic carbocycles. The van der Waals surface area contributed by atoms with Crippen molar-refractivity contribution >= 4 is 44.1 Å². The summed E-state index contributed by atoms with van der Waals surface area (Å²) in [7, 11) is 0. The summed E-state index contributed by atoms with van der Waals surface area (Å²) >= 11 is 2.42. The Labute approximate surface area is 172 Å². The van der Waals surface area contributed by atoms with Crippen LogP contribution in [0.4, 0.5) is 0 Å². The maximum atomic E-state index is 2.42. The second-order valence-electron chi connectivity index (χ2n) is 6.85. The summed E-state index contributed by atoms with van der Waals surface area (Å²) in [6.07, 6.45) is 0. The maximum Gasteiger partial charge on any atom is 0.0142 e. The van der Waals surface area contributed by atoms with Gasteiger partial charge in [0, 0.05) is 3.57 Å². The van der Waals surface area contributed by atoms with E-state index in [1.807, 2.05) is 0 Å². The molecule has 0 saturated carbocycles. The van der Waals surface area contributed by atoms with Crippen LogP contribution in [0.25, 0.3) is 43.8 Å². The third-order valence-corrected chi connectivity index (χ3v) is 5.69. The zero-order valence-electron chi connectivity index (χ0n) is 14.7. The Bertz CT molecular complexity index is 1190. The van der Waals surface area contributed by atoms with Crippen molar-refractivity contribution in [1.82, 2.24) is 0 Å². The second kappa shape index (κ2) is 6.82. The molecule has 0 unspecified atom stereocenters. The number of hydrogen-bond donors (Lipinski definition) is 0. The maximum absolute atomic E-state index is 2.42. The summed E-state index contributed by atoms with van der Waals surface area (Å²) in [5.41, 5.74) is 5.04. The summed E-state index contributed by atoms with van der Waals surface area (Å²) in [6, 6.07) is 37.3. The summed E-state index contributed by atoms with van der Waals surface area (Å²) < 4.78 is 1.25. The van der Waals surface area contributed by atoms with Gasteiger partial charge in [-0.05, 0) is 96.7 Å². The minimum atomic E-state index is 1.25. The molecule has 5 rings (SSSR count). The first-order valence-corrected chi connectivity index (χ1v) is 10.1. The summed E-state index contributed by atoms with van der Waals surface area (Å²) in [4.78, 5) is 0. The van der Waals surface area contributed by atoms with Gasteiger partial charge < -0.3 is 0 Å². The van der Waals surface area contributed by atoms with Crippen LogP contribution >= 0.6 is 22.6 Å². The fraction of sp³-hybridized carbons (Fsp3) is 0. The van der Waals surface area contributed by atoms with Crippen molar-refractivity contribution in [1.29, 1.82) is 0 Å². The lowest BCUT2D eigenvalue weighted by molar-refractivity contribution is 1.58. The van der Waals surface area contributed by atoms with Gasteiger partial charge in [0.1, 0.15) is 0 Å². The molecule has 5 aromatic rings. The van der Waals surface area contributed by atoms with Crippen molar-refractivity contribution in [2.45, 2.75) is 0 Å². The zero-order valence-corrected chi connectivity index (χ0v) is 16.9. The molecule has 1 heteroatoms. The highest BCUT2D eigenvalue weighted by Gasteiger charge is 2.06. The molecule has 128 valence electrons. The van der Waals surface area contributed by atoms with Gasteiger partial charge in [0.2, 0.25) is 0 Å². The molecule has 0 fully saturated rings. The standard InChI is InChI=1S/C26H17I/c27-26-16-24(22-11-9-18-5-1-3-7-20(18)13-22)15-25(17-26)23-12-10-19-6-2-4-8-21(19)14-23/h1-17H. The molecule has 0 saturated heterocycles. The third kappa shape index (κ3) is 3.24. The average molecular weight is 456 g/mol. The van der Waals surface area contributed by atoms with Crippen LogP contribution < -0.4 is 0 Å². The lowest BCUT2D eigenvalue weighted by Crippen LogP contribution is -1.85.